The zero-order chi connectivity index (χ0) is 13.3. The zero-order valence-electron chi connectivity index (χ0n) is 9.89. The Bertz CT molecular complexity index is 632. The fraction of sp³-hybridized carbons (Fsp3) is 0.273. The first kappa shape index (κ1) is 12.0. The second-order valence-corrected chi connectivity index (χ2v) is 3.69. The number of hydrogen-bond donors (Lipinski definition) is 1. The highest BCUT2D eigenvalue weighted by Crippen LogP contribution is 2.26. The maximum atomic E-state index is 11.6. The Morgan fingerprint density at radius 2 is 2.28 bits per heavy atom. The molecule has 1 aromatic heterocycles. The summed E-state index contributed by atoms with van der Waals surface area (Å²) in [6, 6.07) is 2.68. The molecular weight excluding hydrogens is 238 g/mol. The van der Waals surface area contributed by atoms with E-state index in [4.69, 9.17) is 4.74 Å². The van der Waals surface area contributed by atoms with Gasteiger partial charge in [-0.2, -0.15) is 0 Å². The number of nitro groups is 1. The van der Waals surface area contributed by atoms with Crippen LogP contribution in [0.1, 0.15) is 23.1 Å². The number of aromatic amines is 1. The fourth-order valence-electron chi connectivity index (χ4n) is 1.69. The van der Waals surface area contributed by atoms with Crippen molar-refractivity contribution in [3.8, 4) is 0 Å². The minimum atomic E-state index is -0.588. The van der Waals surface area contributed by atoms with Crippen molar-refractivity contribution >= 4 is 22.7 Å². The van der Waals surface area contributed by atoms with Crippen molar-refractivity contribution in [2.24, 2.45) is 0 Å². The molecule has 1 aromatic carbocycles. The van der Waals surface area contributed by atoms with Gasteiger partial charge in [0.05, 0.1) is 22.6 Å². The van der Waals surface area contributed by atoms with Gasteiger partial charge in [0.2, 0.25) is 0 Å². The number of hydrogen-bond acceptors (Lipinski definition) is 5. The average molecular weight is 249 g/mol. The highest BCUT2D eigenvalue weighted by molar-refractivity contribution is 5.97. The van der Waals surface area contributed by atoms with Crippen molar-refractivity contribution in [3.63, 3.8) is 0 Å². The zero-order valence-corrected chi connectivity index (χ0v) is 9.89. The lowest BCUT2D eigenvalue weighted by molar-refractivity contribution is -0.383. The molecule has 0 spiro atoms. The number of fused-ring (bicyclic) bond motifs is 1. The molecule has 7 nitrogen and oxygen atoms in total. The lowest BCUT2D eigenvalue weighted by atomic mass is 10.1. The second-order valence-electron chi connectivity index (χ2n) is 3.69. The normalized spacial score (nSPS) is 10.6. The Morgan fingerprint density at radius 3 is 2.89 bits per heavy atom. The molecule has 0 bridgehead atoms. The number of rotatable bonds is 3. The van der Waals surface area contributed by atoms with E-state index >= 15 is 0 Å². The minimum absolute atomic E-state index is 0.139. The number of aryl methyl sites for hydroxylation is 1. The largest absolute Gasteiger partial charge is 0.462 e. The third-order valence-corrected chi connectivity index (χ3v) is 2.39. The predicted octanol–water partition coefficient (Wildman–Crippen LogP) is 1.96. The monoisotopic (exact) mass is 249 g/mol. The summed E-state index contributed by atoms with van der Waals surface area (Å²) in [7, 11) is 0. The lowest BCUT2D eigenvalue weighted by Gasteiger charge is -2.01. The van der Waals surface area contributed by atoms with Gasteiger partial charge in [-0.3, -0.25) is 10.1 Å². The maximum Gasteiger partial charge on any atom is 0.338 e. The Hall–Kier alpha value is -2.44. The van der Waals surface area contributed by atoms with Gasteiger partial charge in [-0.25, -0.2) is 9.78 Å². The van der Waals surface area contributed by atoms with Crippen LogP contribution in [0.4, 0.5) is 5.69 Å². The third-order valence-electron chi connectivity index (χ3n) is 2.39. The number of non-ortho nitro benzene ring substituents is 1. The number of ether oxygens (including phenoxy) is 1. The van der Waals surface area contributed by atoms with Crippen LogP contribution in [0.15, 0.2) is 12.1 Å². The third kappa shape index (κ3) is 2.02. The Labute approximate surface area is 102 Å². The van der Waals surface area contributed by atoms with E-state index in [0.717, 1.165) is 0 Å². The number of benzene rings is 1. The number of aromatic nitrogens is 2. The Morgan fingerprint density at radius 1 is 1.56 bits per heavy atom. The first-order valence-electron chi connectivity index (χ1n) is 5.34. The molecule has 7 heteroatoms. The summed E-state index contributed by atoms with van der Waals surface area (Å²) < 4.78 is 4.82. The molecule has 0 saturated heterocycles. The summed E-state index contributed by atoms with van der Waals surface area (Å²) >= 11 is 0. The summed E-state index contributed by atoms with van der Waals surface area (Å²) in [6.45, 7) is 3.58. The smallest absolute Gasteiger partial charge is 0.338 e. The van der Waals surface area contributed by atoms with Gasteiger partial charge >= 0.3 is 5.97 Å². The number of nitrogens with one attached hydrogen (secondary N) is 1. The number of carbonyl (C=O) groups excluding carboxylic acids is 1. The van der Waals surface area contributed by atoms with Gasteiger partial charge in [0, 0.05) is 6.07 Å². The summed E-state index contributed by atoms with van der Waals surface area (Å²) in [5, 5.41) is 11.0. The van der Waals surface area contributed by atoms with Gasteiger partial charge in [-0.1, -0.05) is 0 Å². The van der Waals surface area contributed by atoms with Crippen LogP contribution in [0.2, 0.25) is 0 Å². The number of carbonyl (C=O) groups is 1. The number of nitro benzene ring substituents is 1. The van der Waals surface area contributed by atoms with Gasteiger partial charge in [-0.05, 0) is 19.9 Å². The van der Waals surface area contributed by atoms with Crippen LogP contribution in [-0.4, -0.2) is 27.5 Å². The highest BCUT2D eigenvalue weighted by Gasteiger charge is 2.20. The van der Waals surface area contributed by atoms with Crippen molar-refractivity contribution < 1.29 is 14.5 Å². The molecule has 0 radical (unpaired) electrons. The van der Waals surface area contributed by atoms with E-state index < -0.39 is 10.9 Å². The molecule has 0 aliphatic carbocycles. The standard InChI is InChI=1S/C11H11N3O4/c1-3-18-11(15)7-4-8-10(13-6(2)12-8)9(5-7)14(16)17/h4-5H,3H2,1-2H3,(H,12,13). The van der Waals surface area contributed by atoms with Gasteiger partial charge in [-0.15, -0.1) is 0 Å². The predicted molar refractivity (Wildman–Crippen MR) is 63.4 cm³/mol. The van der Waals surface area contributed by atoms with Crippen LogP contribution in [0.3, 0.4) is 0 Å². The summed E-state index contributed by atoms with van der Waals surface area (Å²) in [4.78, 5) is 28.9. The van der Waals surface area contributed by atoms with E-state index in [-0.39, 0.29) is 23.4 Å². The molecule has 1 heterocycles. The van der Waals surface area contributed by atoms with Gasteiger partial charge in [0.25, 0.3) is 5.69 Å². The van der Waals surface area contributed by atoms with Gasteiger partial charge in [0.15, 0.2) is 5.52 Å². The molecule has 94 valence electrons. The van der Waals surface area contributed by atoms with Crippen LogP contribution >= 0.6 is 0 Å². The average Bonchev–Trinajstić information content (AvgIpc) is 2.67. The van der Waals surface area contributed by atoms with Crippen LogP contribution in [-0.2, 0) is 4.74 Å². The van der Waals surface area contributed by atoms with E-state index in [1.165, 1.54) is 12.1 Å². The second kappa shape index (κ2) is 4.44. The Balaban J connectivity index is 2.64. The minimum Gasteiger partial charge on any atom is -0.462 e. The molecule has 0 unspecified atom stereocenters. The summed E-state index contributed by atoms with van der Waals surface area (Å²) in [5.41, 5.74) is 0.620. The van der Waals surface area contributed by atoms with Gasteiger partial charge < -0.3 is 9.72 Å². The molecule has 0 fully saturated rings. The fourth-order valence-corrected chi connectivity index (χ4v) is 1.69. The van der Waals surface area contributed by atoms with E-state index in [1.54, 1.807) is 13.8 Å². The lowest BCUT2D eigenvalue weighted by Crippen LogP contribution is -2.05. The molecule has 0 atom stereocenters. The quantitative estimate of drug-likeness (QED) is 0.509. The molecule has 0 saturated carbocycles. The number of imidazole rings is 1. The van der Waals surface area contributed by atoms with E-state index in [0.29, 0.717) is 11.3 Å². The number of nitrogens with zero attached hydrogens (tertiary/aromatic N) is 2. The van der Waals surface area contributed by atoms with Crippen molar-refractivity contribution in [1.82, 2.24) is 9.97 Å². The number of esters is 1. The van der Waals surface area contributed by atoms with Crippen LogP contribution in [0.5, 0.6) is 0 Å². The van der Waals surface area contributed by atoms with Crippen molar-refractivity contribution in [2.75, 3.05) is 6.61 Å². The van der Waals surface area contributed by atoms with Crippen LogP contribution < -0.4 is 0 Å². The van der Waals surface area contributed by atoms with Crippen LogP contribution in [0, 0.1) is 17.0 Å². The maximum absolute atomic E-state index is 11.6. The highest BCUT2D eigenvalue weighted by atomic mass is 16.6. The molecular formula is C11H11N3O4. The molecule has 0 amide bonds. The van der Waals surface area contributed by atoms with Crippen molar-refractivity contribution in [3.05, 3.63) is 33.6 Å². The van der Waals surface area contributed by atoms with Gasteiger partial charge in [0.1, 0.15) is 5.82 Å². The van der Waals surface area contributed by atoms with Crippen LogP contribution in [0.25, 0.3) is 11.0 Å². The van der Waals surface area contributed by atoms with E-state index in [9.17, 15) is 14.9 Å². The first-order valence-corrected chi connectivity index (χ1v) is 5.34. The summed E-state index contributed by atoms with van der Waals surface area (Å²) in [5.74, 6) is -0.0381. The topological polar surface area (TPSA) is 98.1 Å². The molecule has 2 rings (SSSR count). The van der Waals surface area contributed by atoms with E-state index in [1.807, 2.05) is 0 Å². The SMILES string of the molecule is CCOC(=O)c1cc([N+](=O)[O-])c2nc(C)[nH]c2c1. The van der Waals surface area contributed by atoms with E-state index in [2.05, 4.69) is 9.97 Å². The molecule has 1 N–H and O–H groups in total. The summed E-state index contributed by atoms with van der Waals surface area (Å²) in [6.07, 6.45) is 0. The number of H-pyrrole nitrogens is 1. The first-order chi connectivity index (χ1) is 8.52. The van der Waals surface area contributed by atoms with Crippen molar-refractivity contribution in [1.29, 1.82) is 0 Å². The molecule has 0 aliphatic rings. The molecule has 0 aliphatic heterocycles. The Kier molecular flexibility index (Phi) is 2.97. The molecule has 18 heavy (non-hydrogen) atoms. The molecule has 2 aromatic rings. The van der Waals surface area contributed by atoms with Crippen molar-refractivity contribution in [2.45, 2.75) is 13.8 Å².